The van der Waals surface area contributed by atoms with E-state index < -0.39 is 5.97 Å². The number of aromatic carboxylic acids is 1. The number of carbonyl (C=O) groups excluding carboxylic acids is 1. The highest BCUT2D eigenvalue weighted by atomic mass is 16.4. The first-order valence-corrected chi connectivity index (χ1v) is 6.43. The largest absolute Gasteiger partial charge is 0.478 e. The third kappa shape index (κ3) is 2.96. The lowest BCUT2D eigenvalue weighted by molar-refractivity contribution is -0.121. The molecule has 106 valence electrons. The Hall–Kier alpha value is -2.37. The van der Waals surface area contributed by atoms with Gasteiger partial charge in [-0.15, -0.1) is 0 Å². The molecule has 6 heteroatoms. The quantitative estimate of drug-likeness (QED) is 0.866. The first-order valence-electron chi connectivity index (χ1n) is 6.43. The Labute approximate surface area is 116 Å². The molecule has 1 amide bonds. The van der Waals surface area contributed by atoms with Crippen molar-refractivity contribution in [2.24, 2.45) is 5.92 Å². The molecule has 1 aromatic carbocycles. The van der Waals surface area contributed by atoms with Gasteiger partial charge < -0.3 is 15.0 Å². The van der Waals surface area contributed by atoms with E-state index in [0.29, 0.717) is 23.5 Å². The molecule has 2 aromatic rings. The lowest BCUT2D eigenvalue weighted by Gasteiger charge is -2.09. The van der Waals surface area contributed by atoms with Crippen molar-refractivity contribution in [1.82, 2.24) is 14.9 Å². The Morgan fingerprint density at radius 1 is 1.40 bits per heavy atom. The zero-order valence-electron chi connectivity index (χ0n) is 11.5. The molecule has 6 nitrogen and oxygen atoms in total. The van der Waals surface area contributed by atoms with Crippen LogP contribution in [0.1, 0.15) is 24.2 Å². The number of rotatable bonds is 5. The van der Waals surface area contributed by atoms with Gasteiger partial charge in [0.15, 0.2) is 0 Å². The molecule has 0 bridgehead atoms. The SMILES string of the molecule is CC(C)CNC(=O)Cn1cnc2cccc(C(=O)O)c21. The molecule has 0 atom stereocenters. The maximum Gasteiger partial charge on any atom is 0.337 e. The van der Waals surface area contributed by atoms with Gasteiger partial charge in [-0.3, -0.25) is 4.79 Å². The van der Waals surface area contributed by atoms with Crippen LogP contribution < -0.4 is 5.32 Å². The number of imidazole rings is 1. The van der Waals surface area contributed by atoms with Gasteiger partial charge in [-0.2, -0.15) is 0 Å². The van der Waals surface area contributed by atoms with Gasteiger partial charge in [-0.1, -0.05) is 19.9 Å². The van der Waals surface area contributed by atoms with Crippen molar-refractivity contribution in [2.75, 3.05) is 6.54 Å². The minimum Gasteiger partial charge on any atom is -0.478 e. The molecule has 20 heavy (non-hydrogen) atoms. The van der Waals surface area contributed by atoms with Crippen LogP contribution in [-0.4, -0.2) is 33.1 Å². The summed E-state index contributed by atoms with van der Waals surface area (Å²) < 4.78 is 1.56. The third-order valence-electron chi connectivity index (χ3n) is 2.89. The standard InChI is InChI=1S/C14H17N3O3/c1-9(2)6-15-12(18)7-17-8-16-11-5-3-4-10(13(11)17)14(19)20/h3-5,8-9H,6-7H2,1-2H3,(H,15,18)(H,19,20). The summed E-state index contributed by atoms with van der Waals surface area (Å²) in [5.41, 5.74) is 1.19. The first kappa shape index (κ1) is 14.0. The number of fused-ring (bicyclic) bond motifs is 1. The summed E-state index contributed by atoms with van der Waals surface area (Å²) in [6.07, 6.45) is 1.49. The van der Waals surface area contributed by atoms with E-state index in [4.69, 9.17) is 0 Å². The predicted octanol–water partition coefficient (Wildman–Crippen LogP) is 1.51. The number of nitrogens with zero attached hydrogens (tertiary/aromatic N) is 2. The van der Waals surface area contributed by atoms with Gasteiger partial charge >= 0.3 is 5.97 Å². The summed E-state index contributed by atoms with van der Waals surface area (Å²) in [5.74, 6) is -0.814. The molecule has 0 fully saturated rings. The van der Waals surface area contributed by atoms with Gasteiger partial charge in [-0.05, 0) is 18.1 Å². The Morgan fingerprint density at radius 2 is 2.15 bits per heavy atom. The third-order valence-corrected chi connectivity index (χ3v) is 2.89. The number of para-hydroxylation sites is 1. The van der Waals surface area contributed by atoms with Gasteiger partial charge in [0, 0.05) is 6.54 Å². The number of benzene rings is 1. The second kappa shape index (κ2) is 5.73. The summed E-state index contributed by atoms with van der Waals surface area (Å²) >= 11 is 0. The summed E-state index contributed by atoms with van der Waals surface area (Å²) in [6, 6.07) is 4.88. The van der Waals surface area contributed by atoms with Crippen LogP contribution in [0.4, 0.5) is 0 Å². The Balaban J connectivity index is 2.26. The summed E-state index contributed by atoms with van der Waals surface area (Å²) in [4.78, 5) is 27.2. The molecule has 0 radical (unpaired) electrons. The summed E-state index contributed by atoms with van der Waals surface area (Å²) in [6.45, 7) is 4.68. The molecule has 0 aliphatic heterocycles. The minimum atomic E-state index is -1.03. The molecular weight excluding hydrogens is 258 g/mol. The monoisotopic (exact) mass is 275 g/mol. The number of nitrogens with one attached hydrogen (secondary N) is 1. The normalized spacial score (nSPS) is 10.9. The van der Waals surface area contributed by atoms with Crippen molar-refractivity contribution in [1.29, 1.82) is 0 Å². The van der Waals surface area contributed by atoms with Crippen molar-refractivity contribution in [2.45, 2.75) is 20.4 Å². The average molecular weight is 275 g/mol. The smallest absolute Gasteiger partial charge is 0.337 e. The van der Waals surface area contributed by atoms with E-state index in [1.807, 2.05) is 13.8 Å². The second-order valence-corrected chi connectivity index (χ2v) is 5.05. The van der Waals surface area contributed by atoms with Crippen LogP contribution in [0.3, 0.4) is 0 Å². The highest BCUT2D eigenvalue weighted by molar-refractivity contribution is 6.01. The molecular formula is C14H17N3O3. The highest BCUT2D eigenvalue weighted by Crippen LogP contribution is 2.17. The Bertz CT molecular complexity index is 646. The number of carboxylic acid groups (broad SMARTS) is 1. The number of hydrogen-bond acceptors (Lipinski definition) is 3. The Morgan fingerprint density at radius 3 is 2.80 bits per heavy atom. The maximum absolute atomic E-state index is 11.8. The molecule has 2 N–H and O–H groups in total. The van der Waals surface area contributed by atoms with E-state index in [2.05, 4.69) is 10.3 Å². The van der Waals surface area contributed by atoms with E-state index >= 15 is 0 Å². The van der Waals surface area contributed by atoms with E-state index in [0.717, 1.165) is 0 Å². The van der Waals surface area contributed by atoms with Crippen LogP contribution in [0, 0.1) is 5.92 Å². The number of aromatic nitrogens is 2. The average Bonchev–Trinajstić information content (AvgIpc) is 2.79. The van der Waals surface area contributed by atoms with Crippen LogP contribution in [0.5, 0.6) is 0 Å². The number of carboxylic acids is 1. The van der Waals surface area contributed by atoms with Crippen LogP contribution in [0.2, 0.25) is 0 Å². The lowest BCUT2D eigenvalue weighted by Crippen LogP contribution is -2.30. The lowest BCUT2D eigenvalue weighted by atomic mass is 10.2. The first-order chi connectivity index (χ1) is 9.49. The van der Waals surface area contributed by atoms with Crippen molar-refractivity contribution in [3.8, 4) is 0 Å². The fraction of sp³-hybridized carbons (Fsp3) is 0.357. The molecule has 0 unspecified atom stereocenters. The Kier molecular flexibility index (Phi) is 4.02. The van der Waals surface area contributed by atoms with E-state index in [1.54, 1.807) is 16.7 Å². The van der Waals surface area contributed by atoms with Crippen molar-refractivity contribution >= 4 is 22.9 Å². The molecule has 0 spiro atoms. The zero-order chi connectivity index (χ0) is 14.7. The van der Waals surface area contributed by atoms with Crippen LogP contribution in [0.25, 0.3) is 11.0 Å². The topological polar surface area (TPSA) is 84.2 Å². The van der Waals surface area contributed by atoms with Gasteiger partial charge in [0.25, 0.3) is 0 Å². The van der Waals surface area contributed by atoms with Crippen molar-refractivity contribution in [3.63, 3.8) is 0 Å². The maximum atomic E-state index is 11.8. The fourth-order valence-corrected chi connectivity index (χ4v) is 1.95. The predicted molar refractivity (Wildman–Crippen MR) is 74.5 cm³/mol. The molecule has 0 saturated heterocycles. The highest BCUT2D eigenvalue weighted by Gasteiger charge is 2.14. The summed E-state index contributed by atoms with van der Waals surface area (Å²) in [7, 11) is 0. The van der Waals surface area contributed by atoms with Crippen molar-refractivity contribution < 1.29 is 14.7 Å². The molecule has 1 aromatic heterocycles. The summed E-state index contributed by atoms with van der Waals surface area (Å²) in [5, 5.41) is 12.0. The van der Waals surface area contributed by atoms with E-state index in [-0.39, 0.29) is 18.0 Å². The fourth-order valence-electron chi connectivity index (χ4n) is 1.95. The minimum absolute atomic E-state index is 0.0630. The number of carbonyl (C=O) groups is 2. The van der Waals surface area contributed by atoms with Gasteiger partial charge in [-0.25, -0.2) is 9.78 Å². The van der Waals surface area contributed by atoms with Crippen LogP contribution >= 0.6 is 0 Å². The molecule has 0 aliphatic carbocycles. The molecule has 0 aliphatic rings. The van der Waals surface area contributed by atoms with E-state index in [1.165, 1.54) is 12.4 Å². The zero-order valence-corrected chi connectivity index (χ0v) is 11.5. The second-order valence-electron chi connectivity index (χ2n) is 5.05. The van der Waals surface area contributed by atoms with Crippen molar-refractivity contribution in [3.05, 3.63) is 30.1 Å². The molecule has 1 heterocycles. The van der Waals surface area contributed by atoms with Gasteiger partial charge in [0.2, 0.25) is 5.91 Å². The van der Waals surface area contributed by atoms with Gasteiger partial charge in [0.05, 0.1) is 22.9 Å². The molecule has 0 saturated carbocycles. The number of amides is 1. The molecule has 2 rings (SSSR count). The van der Waals surface area contributed by atoms with Crippen LogP contribution in [-0.2, 0) is 11.3 Å². The van der Waals surface area contributed by atoms with E-state index in [9.17, 15) is 14.7 Å². The number of hydrogen-bond donors (Lipinski definition) is 2. The van der Waals surface area contributed by atoms with Crippen LogP contribution in [0.15, 0.2) is 24.5 Å². The van der Waals surface area contributed by atoms with Gasteiger partial charge in [0.1, 0.15) is 6.54 Å².